The molecule has 1 aliphatic heterocycles. The SMILES string of the molecule is O=C(Nc1cc2c(cc1Cl)OCCO2)C1CC1c1ccccc1Cl. The first kappa shape index (κ1) is 15.6. The molecular weight excluding hydrogens is 349 g/mol. The summed E-state index contributed by atoms with van der Waals surface area (Å²) in [5, 5.41) is 4.03. The molecule has 2 unspecified atom stereocenters. The number of ether oxygens (including phenoxy) is 2. The summed E-state index contributed by atoms with van der Waals surface area (Å²) < 4.78 is 11.0. The van der Waals surface area contributed by atoms with Crippen molar-refractivity contribution in [1.82, 2.24) is 0 Å². The Bertz CT molecular complexity index is 809. The minimum Gasteiger partial charge on any atom is -0.486 e. The van der Waals surface area contributed by atoms with Gasteiger partial charge in [0.1, 0.15) is 13.2 Å². The highest BCUT2D eigenvalue weighted by atomic mass is 35.5. The third-order valence-electron chi connectivity index (χ3n) is 4.32. The zero-order valence-corrected chi connectivity index (χ0v) is 14.2. The van der Waals surface area contributed by atoms with Crippen molar-refractivity contribution in [1.29, 1.82) is 0 Å². The van der Waals surface area contributed by atoms with Gasteiger partial charge in [0.2, 0.25) is 5.91 Å². The van der Waals surface area contributed by atoms with E-state index in [0.717, 1.165) is 12.0 Å². The number of carbonyl (C=O) groups excluding carboxylic acids is 1. The summed E-state index contributed by atoms with van der Waals surface area (Å²) >= 11 is 12.4. The van der Waals surface area contributed by atoms with Crippen LogP contribution in [0.25, 0.3) is 0 Å². The van der Waals surface area contributed by atoms with Gasteiger partial charge in [0, 0.05) is 23.1 Å². The molecule has 1 aliphatic carbocycles. The van der Waals surface area contributed by atoms with Gasteiger partial charge in [-0.3, -0.25) is 4.79 Å². The lowest BCUT2D eigenvalue weighted by molar-refractivity contribution is -0.117. The number of hydrogen-bond acceptors (Lipinski definition) is 3. The number of amides is 1. The van der Waals surface area contributed by atoms with Crippen LogP contribution >= 0.6 is 23.2 Å². The van der Waals surface area contributed by atoms with Gasteiger partial charge < -0.3 is 14.8 Å². The highest BCUT2D eigenvalue weighted by Gasteiger charge is 2.45. The quantitative estimate of drug-likeness (QED) is 0.872. The predicted molar refractivity (Wildman–Crippen MR) is 93.4 cm³/mol. The van der Waals surface area contributed by atoms with Crippen LogP contribution in [-0.4, -0.2) is 19.1 Å². The van der Waals surface area contributed by atoms with Crippen LogP contribution in [0.4, 0.5) is 5.69 Å². The number of anilines is 1. The van der Waals surface area contributed by atoms with Gasteiger partial charge in [-0.1, -0.05) is 41.4 Å². The van der Waals surface area contributed by atoms with E-state index >= 15 is 0 Å². The highest BCUT2D eigenvalue weighted by molar-refractivity contribution is 6.34. The molecule has 1 fully saturated rings. The van der Waals surface area contributed by atoms with Gasteiger partial charge in [-0.2, -0.15) is 0 Å². The van der Waals surface area contributed by atoms with Crippen LogP contribution in [0, 0.1) is 5.92 Å². The van der Waals surface area contributed by atoms with Crippen LogP contribution in [0.2, 0.25) is 10.0 Å². The summed E-state index contributed by atoms with van der Waals surface area (Å²) in [6, 6.07) is 11.0. The van der Waals surface area contributed by atoms with E-state index in [1.54, 1.807) is 12.1 Å². The second-order valence-corrected chi connectivity index (χ2v) is 6.75. The lowest BCUT2D eigenvalue weighted by Gasteiger charge is -2.20. The summed E-state index contributed by atoms with van der Waals surface area (Å²) in [5.41, 5.74) is 1.56. The predicted octanol–water partition coefficient (Wildman–Crippen LogP) is 4.51. The fourth-order valence-electron chi connectivity index (χ4n) is 2.99. The van der Waals surface area contributed by atoms with Crippen molar-refractivity contribution in [3.05, 3.63) is 52.0 Å². The maximum Gasteiger partial charge on any atom is 0.228 e. The average molecular weight is 364 g/mol. The molecule has 2 aromatic carbocycles. The van der Waals surface area contributed by atoms with Gasteiger partial charge in [-0.15, -0.1) is 0 Å². The first-order valence-electron chi connectivity index (χ1n) is 7.78. The van der Waals surface area contributed by atoms with Crippen molar-refractivity contribution < 1.29 is 14.3 Å². The Hall–Kier alpha value is -1.91. The zero-order valence-electron chi connectivity index (χ0n) is 12.7. The summed E-state index contributed by atoms with van der Waals surface area (Å²) in [6.45, 7) is 0.982. The van der Waals surface area contributed by atoms with Crippen molar-refractivity contribution >= 4 is 34.8 Å². The molecule has 1 heterocycles. The lowest BCUT2D eigenvalue weighted by Crippen LogP contribution is -2.17. The first-order valence-corrected chi connectivity index (χ1v) is 8.53. The minimum atomic E-state index is -0.0887. The molecule has 124 valence electrons. The molecule has 2 aromatic rings. The first-order chi connectivity index (χ1) is 11.6. The smallest absolute Gasteiger partial charge is 0.228 e. The molecule has 0 saturated heterocycles. The Kier molecular flexibility index (Phi) is 4.02. The Morgan fingerprint density at radius 1 is 1.04 bits per heavy atom. The molecule has 2 aliphatic rings. The van der Waals surface area contributed by atoms with Crippen LogP contribution in [0.5, 0.6) is 11.5 Å². The Labute approximate surface area is 149 Å². The van der Waals surface area contributed by atoms with Crippen LogP contribution in [0.1, 0.15) is 17.9 Å². The third kappa shape index (κ3) is 2.92. The molecule has 6 heteroatoms. The molecule has 0 bridgehead atoms. The second-order valence-electron chi connectivity index (χ2n) is 5.94. The molecular formula is C18H15Cl2NO3. The summed E-state index contributed by atoms with van der Waals surface area (Å²) in [5.74, 6) is 1.21. The Morgan fingerprint density at radius 3 is 2.50 bits per heavy atom. The maximum absolute atomic E-state index is 12.5. The largest absolute Gasteiger partial charge is 0.486 e. The molecule has 0 radical (unpaired) electrons. The molecule has 4 rings (SSSR count). The number of benzene rings is 2. The normalized spacial score (nSPS) is 21.2. The van der Waals surface area contributed by atoms with E-state index in [9.17, 15) is 4.79 Å². The van der Waals surface area contributed by atoms with E-state index in [0.29, 0.717) is 40.4 Å². The number of halogens is 2. The van der Waals surface area contributed by atoms with E-state index in [-0.39, 0.29) is 17.7 Å². The molecule has 1 amide bonds. The third-order valence-corrected chi connectivity index (χ3v) is 4.98. The average Bonchev–Trinajstić information content (AvgIpc) is 3.36. The van der Waals surface area contributed by atoms with Gasteiger partial charge in [0.25, 0.3) is 0 Å². The van der Waals surface area contributed by atoms with Crippen molar-refractivity contribution in [3.8, 4) is 11.5 Å². The van der Waals surface area contributed by atoms with Crippen molar-refractivity contribution in [2.24, 2.45) is 5.92 Å². The zero-order chi connectivity index (χ0) is 16.7. The molecule has 1 N–H and O–H groups in total. The monoisotopic (exact) mass is 363 g/mol. The molecule has 4 nitrogen and oxygen atoms in total. The van der Waals surface area contributed by atoms with Gasteiger partial charge in [0.15, 0.2) is 11.5 Å². The van der Waals surface area contributed by atoms with E-state index in [4.69, 9.17) is 32.7 Å². The van der Waals surface area contributed by atoms with Crippen LogP contribution in [-0.2, 0) is 4.79 Å². The minimum absolute atomic E-state index is 0.0569. The van der Waals surface area contributed by atoms with Gasteiger partial charge >= 0.3 is 0 Å². The molecule has 2 atom stereocenters. The number of rotatable bonds is 3. The van der Waals surface area contributed by atoms with E-state index in [1.807, 2.05) is 24.3 Å². The molecule has 1 saturated carbocycles. The van der Waals surface area contributed by atoms with Crippen LogP contribution in [0.3, 0.4) is 0 Å². The lowest BCUT2D eigenvalue weighted by atomic mass is 10.1. The number of fused-ring (bicyclic) bond motifs is 1. The standard InChI is InChI=1S/C18H15Cl2NO3/c19-13-4-2-1-3-10(13)11-7-12(11)18(22)21-15-9-17-16(8-14(15)20)23-5-6-24-17/h1-4,8-9,11-12H,5-7H2,(H,21,22). The molecule has 24 heavy (non-hydrogen) atoms. The van der Waals surface area contributed by atoms with Crippen LogP contribution in [0.15, 0.2) is 36.4 Å². The van der Waals surface area contributed by atoms with Crippen LogP contribution < -0.4 is 14.8 Å². The van der Waals surface area contributed by atoms with Gasteiger partial charge in [-0.05, 0) is 24.0 Å². The molecule has 0 aromatic heterocycles. The van der Waals surface area contributed by atoms with Crippen molar-refractivity contribution in [2.75, 3.05) is 18.5 Å². The number of carbonyl (C=O) groups is 1. The summed E-state index contributed by atoms with van der Waals surface area (Å²) in [4.78, 5) is 12.5. The number of nitrogens with one attached hydrogen (secondary N) is 1. The Morgan fingerprint density at radius 2 is 1.75 bits per heavy atom. The number of hydrogen-bond donors (Lipinski definition) is 1. The fourth-order valence-corrected chi connectivity index (χ4v) is 3.47. The van der Waals surface area contributed by atoms with Crippen molar-refractivity contribution in [3.63, 3.8) is 0 Å². The van der Waals surface area contributed by atoms with Gasteiger partial charge in [-0.25, -0.2) is 0 Å². The van der Waals surface area contributed by atoms with E-state index < -0.39 is 0 Å². The van der Waals surface area contributed by atoms with Crippen molar-refractivity contribution in [2.45, 2.75) is 12.3 Å². The maximum atomic E-state index is 12.5. The van der Waals surface area contributed by atoms with Gasteiger partial charge in [0.05, 0.1) is 10.7 Å². The second kappa shape index (κ2) is 6.19. The fraction of sp³-hybridized carbons (Fsp3) is 0.278. The topological polar surface area (TPSA) is 47.6 Å². The summed E-state index contributed by atoms with van der Waals surface area (Å²) in [7, 11) is 0. The summed E-state index contributed by atoms with van der Waals surface area (Å²) in [6.07, 6.45) is 0.789. The molecule has 0 spiro atoms. The van der Waals surface area contributed by atoms with E-state index in [2.05, 4.69) is 5.32 Å². The Balaban J connectivity index is 1.49. The van der Waals surface area contributed by atoms with E-state index in [1.165, 1.54) is 0 Å². The highest BCUT2D eigenvalue weighted by Crippen LogP contribution is 2.50.